The Kier molecular flexibility index (Phi) is 2.84. The number of nitrogens with two attached hydrogens (primary N) is 1. The Hall–Kier alpha value is -1.44. The first-order valence-corrected chi connectivity index (χ1v) is 4.10. The van der Waals surface area contributed by atoms with Crippen molar-refractivity contribution in [1.29, 1.82) is 5.26 Å². The molecule has 0 heterocycles. The molecule has 1 rings (SSSR count). The average Bonchev–Trinajstić information content (AvgIpc) is 2.16. The van der Waals surface area contributed by atoms with Crippen LogP contribution in [0.4, 0.5) is 4.39 Å². The number of nitrogens with zero attached hydrogens (tertiary/aromatic N) is 1. The van der Waals surface area contributed by atoms with Gasteiger partial charge in [0.2, 0.25) is 0 Å². The first kappa shape index (κ1) is 10.6. The quantitative estimate of drug-likeness (QED) is 0.733. The van der Waals surface area contributed by atoms with Crippen LogP contribution in [0.2, 0.25) is 0 Å². The third-order valence-electron chi connectivity index (χ3n) is 2.01. The molecule has 0 aliphatic heterocycles. The van der Waals surface area contributed by atoms with E-state index in [1.54, 1.807) is 6.92 Å². The van der Waals surface area contributed by atoms with Crippen LogP contribution in [0.15, 0.2) is 18.2 Å². The number of rotatable bonds is 2. The van der Waals surface area contributed by atoms with E-state index in [9.17, 15) is 4.39 Å². The third kappa shape index (κ3) is 2.08. The highest BCUT2D eigenvalue weighted by atomic mass is 19.1. The molecule has 0 aromatic heterocycles. The van der Waals surface area contributed by atoms with Crippen molar-refractivity contribution in [2.24, 2.45) is 5.73 Å². The largest absolute Gasteiger partial charge is 0.394 e. The first-order valence-electron chi connectivity index (χ1n) is 4.10. The number of halogens is 1. The lowest BCUT2D eigenvalue weighted by atomic mass is 9.93. The highest BCUT2D eigenvalue weighted by molar-refractivity contribution is 5.36. The Balaban J connectivity index is 3.24. The van der Waals surface area contributed by atoms with Crippen LogP contribution < -0.4 is 5.73 Å². The zero-order valence-corrected chi connectivity index (χ0v) is 7.79. The van der Waals surface area contributed by atoms with Gasteiger partial charge >= 0.3 is 0 Å². The molecule has 0 saturated carbocycles. The molecule has 0 aliphatic rings. The lowest BCUT2D eigenvalue weighted by Gasteiger charge is -2.22. The summed E-state index contributed by atoms with van der Waals surface area (Å²) in [6.45, 7) is 1.27. The minimum atomic E-state index is -1.02. The number of benzene rings is 1. The Morgan fingerprint density at radius 1 is 1.57 bits per heavy atom. The lowest BCUT2D eigenvalue weighted by Crippen LogP contribution is -2.37. The molecular weight excluding hydrogens is 183 g/mol. The number of aliphatic hydroxyl groups is 1. The van der Waals surface area contributed by atoms with Crippen LogP contribution in [0.3, 0.4) is 0 Å². The van der Waals surface area contributed by atoms with Crippen LogP contribution >= 0.6 is 0 Å². The molecule has 1 aromatic rings. The summed E-state index contributed by atoms with van der Waals surface area (Å²) in [5, 5.41) is 17.6. The standard InChI is InChI=1S/C10H11FN2O/c1-10(13,6-14)8-2-7(5-12)3-9(11)4-8/h2-4,14H,6,13H2,1H3. The summed E-state index contributed by atoms with van der Waals surface area (Å²) in [6.07, 6.45) is 0. The summed E-state index contributed by atoms with van der Waals surface area (Å²) in [5.74, 6) is -0.524. The molecule has 1 atom stereocenters. The number of hydrogen-bond donors (Lipinski definition) is 2. The number of nitriles is 1. The van der Waals surface area contributed by atoms with Gasteiger partial charge in [-0.05, 0) is 30.7 Å². The maximum atomic E-state index is 13.0. The third-order valence-corrected chi connectivity index (χ3v) is 2.01. The summed E-state index contributed by atoms with van der Waals surface area (Å²) >= 11 is 0. The van der Waals surface area contributed by atoms with Gasteiger partial charge in [0.25, 0.3) is 0 Å². The molecule has 0 fully saturated rings. The Morgan fingerprint density at radius 2 is 2.21 bits per heavy atom. The molecule has 3 N–H and O–H groups in total. The van der Waals surface area contributed by atoms with Crippen molar-refractivity contribution in [2.45, 2.75) is 12.5 Å². The maximum Gasteiger partial charge on any atom is 0.124 e. The van der Waals surface area contributed by atoms with E-state index < -0.39 is 11.4 Å². The maximum absolute atomic E-state index is 13.0. The summed E-state index contributed by atoms with van der Waals surface area (Å²) in [5.41, 5.74) is 5.30. The zero-order chi connectivity index (χ0) is 10.8. The summed E-state index contributed by atoms with van der Waals surface area (Å²) in [4.78, 5) is 0. The fourth-order valence-electron chi connectivity index (χ4n) is 1.08. The van der Waals surface area contributed by atoms with Gasteiger partial charge in [-0.3, -0.25) is 0 Å². The molecule has 0 aliphatic carbocycles. The van der Waals surface area contributed by atoms with E-state index in [4.69, 9.17) is 16.1 Å². The first-order chi connectivity index (χ1) is 6.49. The van der Waals surface area contributed by atoms with Gasteiger partial charge in [0.05, 0.1) is 23.8 Å². The molecular formula is C10H11FN2O. The van der Waals surface area contributed by atoms with Crippen LogP contribution in [0, 0.1) is 17.1 Å². The van der Waals surface area contributed by atoms with Gasteiger partial charge in [-0.2, -0.15) is 5.26 Å². The van der Waals surface area contributed by atoms with Crippen molar-refractivity contribution >= 4 is 0 Å². The molecule has 0 amide bonds. The van der Waals surface area contributed by atoms with Gasteiger partial charge in [0.1, 0.15) is 5.82 Å². The van der Waals surface area contributed by atoms with Crippen LogP contribution in [0.1, 0.15) is 18.1 Å². The van der Waals surface area contributed by atoms with Crippen molar-refractivity contribution in [3.8, 4) is 6.07 Å². The summed E-state index contributed by atoms with van der Waals surface area (Å²) in [6, 6.07) is 5.64. The second-order valence-corrected chi connectivity index (χ2v) is 3.42. The highest BCUT2D eigenvalue weighted by Gasteiger charge is 2.21. The van der Waals surface area contributed by atoms with Crippen molar-refractivity contribution in [2.75, 3.05) is 6.61 Å². The second-order valence-electron chi connectivity index (χ2n) is 3.42. The van der Waals surface area contributed by atoms with E-state index in [1.807, 2.05) is 6.07 Å². The minimum Gasteiger partial charge on any atom is -0.394 e. The SMILES string of the molecule is CC(N)(CO)c1cc(F)cc(C#N)c1. The van der Waals surface area contributed by atoms with E-state index >= 15 is 0 Å². The number of aliphatic hydroxyl groups excluding tert-OH is 1. The molecule has 1 aromatic carbocycles. The normalized spacial score (nSPS) is 14.5. The number of hydrogen-bond acceptors (Lipinski definition) is 3. The zero-order valence-electron chi connectivity index (χ0n) is 7.79. The highest BCUT2D eigenvalue weighted by Crippen LogP contribution is 2.19. The van der Waals surface area contributed by atoms with Gasteiger partial charge in [0, 0.05) is 0 Å². The van der Waals surface area contributed by atoms with Gasteiger partial charge in [-0.25, -0.2) is 4.39 Å². The molecule has 0 bridgehead atoms. The van der Waals surface area contributed by atoms with Crippen molar-refractivity contribution in [3.63, 3.8) is 0 Å². The lowest BCUT2D eigenvalue weighted by molar-refractivity contribution is 0.210. The predicted molar refractivity (Wildman–Crippen MR) is 49.7 cm³/mol. The molecule has 0 spiro atoms. The van der Waals surface area contributed by atoms with Crippen LogP contribution in [-0.2, 0) is 5.54 Å². The topological polar surface area (TPSA) is 70.0 Å². The van der Waals surface area contributed by atoms with E-state index in [2.05, 4.69) is 0 Å². The Bertz CT molecular complexity index is 382. The Labute approximate surface area is 81.6 Å². The van der Waals surface area contributed by atoms with E-state index in [0.717, 1.165) is 6.07 Å². The van der Waals surface area contributed by atoms with Gasteiger partial charge in [-0.15, -0.1) is 0 Å². The second kappa shape index (κ2) is 3.74. The van der Waals surface area contributed by atoms with Crippen molar-refractivity contribution in [1.82, 2.24) is 0 Å². The van der Waals surface area contributed by atoms with Crippen LogP contribution in [0.25, 0.3) is 0 Å². The van der Waals surface area contributed by atoms with E-state index in [-0.39, 0.29) is 12.2 Å². The molecule has 0 radical (unpaired) electrons. The smallest absolute Gasteiger partial charge is 0.124 e. The molecule has 0 saturated heterocycles. The van der Waals surface area contributed by atoms with Gasteiger partial charge in [-0.1, -0.05) is 0 Å². The molecule has 4 heteroatoms. The van der Waals surface area contributed by atoms with Crippen molar-refractivity contribution < 1.29 is 9.50 Å². The summed E-state index contributed by atoms with van der Waals surface area (Å²) < 4.78 is 13.0. The average molecular weight is 194 g/mol. The van der Waals surface area contributed by atoms with Crippen molar-refractivity contribution in [3.05, 3.63) is 35.1 Å². The van der Waals surface area contributed by atoms with Gasteiger partial charge < -0.3 is 10.8 Å². The van der Waals surface area contributed by atoms with E-state index in [0.29, 0.717) is 5.56 Å². The Morgan fingerprint density at radius 3 is 2.71 bits per heavy atom. The molecule has 74 valence electrons. The molecule has 14 heavy (non-hydrogen) atoms. The molecule has 1 unspecified atom stereocenters. The minimum absolute atomic E-state index is 0.199. The summed E-state index contributed by atoms with van der Waals surface area (Å²) in [7, 11) is 0. The fourth-order valence-corrected chi connectivity index (χ4v) is 1.08. The van der Waals surface area contributed by atoms with Gasteiger partial charge in [0.15, 0.2) is 0 Å². The van der Waals surface area contributed by atoms with E-state index in [1.165, 1.54) is 12.1 Å². The predicted octanol–water partition coefficient (Wildman–Crippen LogP) is 0.864. The monoisotopic (exact) mass is 194 g/mol. The van der Waals surface area contributed by atoms with Crippen LogP contribution in [0.5, 0.6) is 0 Å². The molecule has 3 nitrogen and oxygen atoms in total. The van der Waals surface area contributed by atoms with Crippen LogP contribution in [-0.4, -0.2) is 11.7 Å². The fraction of sp³-hybridized carbons (Fsp3) is 0.300.